The zero-order valence-electron chi connectivity index (χ0n) is 12.5. The lowest BCUT2D eigenvalue weighted by Crippen LogP contribution is -2.42. The van der Waals surface area contributed by atoms with Gasteiger partial charge in [-0.25, -0.2) is 0 Å². The minimum absolute atomic E-state index is 0.137. The molecule has 0 aliphatic carbocycles. The standard InChI is InChI=1S/C15H23ClN2O2/c1-5-18(10-15(3,4)20)9-14(19)17-13-7-6-11(2)8-12(13)16/h6-8,20H,5,9-10H2,1-4H3,(H,17,19). The normalized spacial score (nSPS) is 11.8. The average Bonchev–Trinajstić information content (AvgIpc) is 2.30. The van der Waals surface area contributed by atoms with E-state index < -0.39 is 5.60 Å². The predicted octanol–water partition coefficient (Wildman–Crippen LogP) is 2.68. The van der Waals surface area contributed by atoms with Gasteiger partial charge in [0.1, 0.15) is 0 Å². The number of halogens is 1. The first-order chi connectivity index (χ1) is 9.21. The Labute approximate surface area is 125 Å². The molecule has 0 aliphatic rings. The molecule has 0 bridgehead atoms. The molecule has 0 aromatic heterocycles. The Morgan fingerprint density at radius 2 is 2.10 bits per heavy atom. The number of benzene rings is 1. The maximum Gasteiger partial charge on any atom is 0.238 e. The lowest BCUT2D eigenvalue weighted by Gasteiger charge is -2.27. The van der Waals surface area contributed by atoms with Crippen molar-refractivity contribution >= 4 is 23.2 Å². The Kier molecular flexibility index (Phi) is 5.99. The number of hydrogen-bond acceptors (Lipinski definition) is 3. The second-order valence-electron chi connectivity index (χ2n) is 5.65. The van der Waals surface area contributed by atoms with Gasteiger partial charge in [0.05, 0.1) is 22.9 Å². The van der Waals surface area contributed by atoms with Gasteiger partial charge < -0.3 is 10.4 Å². The van der Waals surface area contributed by atoms with Crippen LogP contribution in [0, 0.1) is 6.92 Å². The van der Waals surface area contributed by atoms with Gasteiger partial charge in [0.2, 0.25) is 5.91 Å². The summed E-state index contributed by atoms with van der Waals surface area (Å²) < 4.78 is 0. The van der Waals surface area contributed by atoms with Crippen LogP contribution in [0.3, 0.4) is 0 Å². The van der Waals surface area contributed by atoms with Crippen LogP contribution in [0.1, 0.15) is 26.3 Å². The molecule has 0 saturated heterocycles. The Hall–Kier alpha value is -1.10. The lowest BCUT2D eigenvalue weighted by atomic mass is 10.1. The molecule has 4 nitrogen and oxygen atoms in total. The highest BCUT2D eigenvalue weighted by atomic mass is 35.5. The zero-order chi connectivity index (χ0) is 15.3. The van der Waals surface area contributed by atoms with E-state index in [2.05, 4.69) is 5.32 Å². The number of anilines is 1. The molecule has 1 aromatic rings. The van der Waals surface area contributed by atoms with E-state index in [0.717, 1.165) is 5.56 Å². The monoisotopic (exact) mass is 298 g/mol. The summed E-state index contributed by atoms with van der Waals surface area (Å²) in [6.07, 6.45) is 0. The largest absolute Gasteiger partial charge is 0.389 e. The Morgan fingerprint density at radius 3 is 2.60 bits per heavy atom. The highest BCUT2D eigenvalue weighted by Crippen LogP contribution is 2.22. The summed E-state index contributed by atoms with van der Waals surface area (Å²) >= 11 is 6.08. The van der Waals surface area contributed by atoms with Crippen LogP contribution in [0.25, 0.3) is 0 Å². The number of aliphatic hydroxyl groups is 1. The van der Waals surface area contributed by atoms with Gasteiger partial charge >= 0.3 is 0 Å². The molecule has 0 radical (unpaired) electrons. The van der Waals surface area contributed by atoms with Crippen molar-refractivity contribution in [1.82, 2.24) is 4.90 Å². The average molecular weight is 299 g/mol. The lowest BCUT2D eigenvalue weighted by molar-refractivity contribution is -0.117. The molecule has 0 heterocycles. The third kappa shape index (κ3) is 5.90. The van der Waals surface area contributed by atoms with Crippen molar-refractivity contribution in [3.63, 3.8) is 0 Å². The summed E-state index contributed by atoms with van der Waals surface area (Å²) in [6, 6.07) is 5.50. The predicted molar refractivity (Wildman–Crippen MR) is 83.2 cm³/mol. The van der Waals surface area contributed by atoms with Gasteiger partial charge in [0.15, 0.2) is 0 Å². The van der Waals surface area contributed by atoms with Crippen LogP contribution in [0.5, 0.6) is 0 Å². The number of nitrogens with zero attached hydrogens (tertiary/aromatic N) is 1. The first-order valence-corrected chi connectivity index (χ1v) is 7.10. The van der Waals surface area contributed by atoms with E-state index in [1.807, 2.05) is 30.9 Å². The Bertz CT molecular complexity index is 469. The number of carbonyl (C=O) groups excluding carboxylic acids is 1. The molecule has 20 heavy (non-hydrogen) atoms. The second-order valence-corrected chi connectivity index (χ2v) is 6.05. The van der Waals surface area contributed by atoms with Gasteiger partial charge in [0, 0.05) is 6.54 Å². The molecule has 2 N–H and O–H groups in total. The fourth-order valence-corrected chi connectivity index (χ4v) is 2.22. The van der Waals surface area contributed by atoms with E-state index in [1.165, 1.54) is 0 Å². The smallest absolute Gasteiger partial charge is 0.238 e. The molecule has 112 valence electrons. The van der Waals surface area contributed by atoms with Gasteiger partial charge in [-0.15, -0.1) is 0 Å². The molecule has 0 unspecified atom stereocenters. The SMILES string of the molecule is CCN(CC(=O)Nc1ccc(C)cc1Cl)CC(C)(C)O. The highest BCUT2D eigenvalue weighted by molar-refractivity contribution is 6.33. The molecular weight excluding hydrogens is 276 g/mol. The van der Waals surface area contributed by atoms with E-state index in [-0.39, 0.29) is 12.5 Å². The topological polar surface area (TPSA) is 52.6 Å². The third-order valence-corrected chi connectivity index (χ3v) is 3.14. The molecule has 0 fully saturated rings. The molecule has 1 rings (SSSR count). The first-order valence-electron chi connectivity index (χ1n) is 6.72. The van der Waals surface area contributed by atoms with Crippen molar-refractivity contribution in [2.75, 3.05) is 25.0 Å². The summed E-state index contributed by atoms with van der Waals surface area (Å²) in [5.74, 6) is -0.137. The van der Waals surface area contributed by atoms with E-state index in [9.17, 15) is 9.90 Å². The second kappa shape index (κ2) is 7.07. The van der Waals surface area contributed by atoms with Gasteiger partial charge in [-0.05, 0) is 45.0 Å². The number of likely N-dealkylation sites (N-methyl/N-ethyl adjacent to an activating group) is 1. The fourth-order valence-electron chi connectivity index (χ4n) is 1.94. The molecule has 0 spiro atoms. The Balaban J connectivity index is 2.62. The summed E-state index contributed by atoms with van der Waals surface area (Å²) in [7, 11) is 0. The quantitative estimate of drug-likeness (QED) is 0.849. The fraction of sp³-hybridized carbons (Fsp3) is 0.533. The van der Waals surface area contributed by atoms with Crippen molar-refractivity contribution in [3.05, 3.63) is 28.8 Å². The van der Waals surface area contributed by atoms with Crippen LogP contribution < -0.4 is 5.32 Å². The molecule has 0 atom stereocenters. The highest BCUT2D eigenvalue weighted by Gasteiger charge is 2.19. The number of rotatable bonds is 6. The van der Waals surface area contributed by atoms with Gasteiger partial charge in [0.25, 0.3) is 0 Å². The van der Waals surface area contributed by atoms with Crippen molar-refractivity contribution in [3.8, 4) is 0 Å². The number of amides is 1. The van der Waals surface area contributed by atoms with Crippen LogP contribution in [-0.4, -0.2) is 41.1 Å². The van der Waals surface area contributed by atoms with Crippen molar-refractivity contribution in [2.24, 2.45) is 0 Å². The molecule has 1 aromatic carbocycles. The zero-order valence-corrected chi connectivity index (χ0v) is 13.3. The van der Waals surface area contributed by atoms with Crippen molar-refractivity contribution in [2.45, 2.75) is 33.3 Å². The van der Waals surface area contributed by atoms with Crippen molar-refractivity contribution < 1.29 is 9.90 Å². The van der Waals surface area contributed by atoms with Crippen LogP contribution in [0.15, 0.2) is 18.2 Å². The van der Waals surface area contributed by atoms with Gasteiger partial charge in [-0.3, -0.25) is 9.69 Å². The maximum atomic E-state index is 12.0. The summed E-state index contributed by atoms with van der Waals surface area (Å²) in [6.45, 7) is 8.72. The van der Waals surface area contributed by atoms with Gasteiger partial charge in [-0.2, -0.15) is 0 Å². The number of carbonyl (C=O) groups is 1. The van der Waals surface area contributed by atoms with E-state index in [1.54, 1.807) is 19.9 Å². The van der Waals surface area contributed by atoms with E-state index in [4.69, 9.17) is 11.6 Å². The van der Waals surface area contributed by atoms with Crippen LogP contribution >= 0.6 is 11.6 Å². The first kappa shape index (κ1) is 17.0. The summed E-state index contributed by atoms with van der Waals surface area (Å²) in [4.78, 5) is 13.9. The minimum Gasteiger partial charge on any atom is -0.389 e. The summed E-state index contributed by atoms with van der Waals surface area (Å²) in [5, 5.41) is 13.1. The third-order valence-electron chi connectivity index (χ3n) is 2.82. The number of hydrogen-bond donors (Lipinski definition) is 2. The number of nitrogens with one attached hydrogen (secondary N) is 1. The van der Waals surface area contributed by atoms with Gasteiger partial charge in [-0.1, -0.05) is 24.6 Å². The maximum absolute atomic E-state index is 12.0. The van der Waals surface area contributed by atoms with E-state index in [0.29, 0.717) is 23.8 Å². The van der Waals surface area contributed by atoms with Crippen LogP contribution in [0.2, 0.25) is 5.02 Å². The Morgan fingerprint density at radius 1 is 1.45 bits per heavy atom. The molecule has 1 amide bonds. The number of aryl methyl sites for hydroxylation is 1. The molecule has 0 saturated carbocycles. The minimum atomic E-state index is -0.822. The van der Waals surface area contributed by atoms with Crippen molar-refractivity contribution in [1.29, 1.82) is 0 Å². The molecular formula is C15H23ClN2O2. The summed E-state index contributed by atoms with van der Waals surface area (Å²) in [5.41, 5.74) is 0.837. The van der Waals surface area contributed by atoms with Crippen LogP contribution in [-0.2, 0) is 4.79 Å². The van der Waals surface area contributed by atoms with Crippen LogP contribution in [0.4, 0.5) is 5.69 Å². The molecule has 5 heteroatoms. The molecule has 0 aliphatic heterocycles. The van der Waals surface area contributed by atoms with E-state index >= 15 is 0 Å².